The van der Waals surface area contributed by atoms with Crippen molar-refractivity contribution in [2.75, 3.05) is 0 Å². The van der Waals surface area contributed by atoms with Gasteiger partial charge in [0.15, 0.2) is 0 Å². The topological polar surface area (TPSA) is 39.4 Å². The van der Waals surface area contributed by atoms with Crippen LogP contribution in [-0.4, -0.2) is 0 Å². The summed E-state index contributed by atoms with van der Waals surface area (Å²) in [7, 11) is 0. The second-order valence-electron chi connectivity index (χ2n) is 8.19. The van der Waals surface area contributed by atoms with E-state index in [1.54, 1.807) is 6.26 Å². The van der Waals surface area contributed by atoms with Crippen LogP contribution in [0, 0.1) is 6.92 Å². The molecule has 0 saturated carbocycles. The summed E-state index contributed by atoms with van der Waals surface area (Å²) >= 11 is 0. The molecule has 0 N–H and O–H groups in total. The fourth-order valence-corrected chi connectivity index (χ4v) is 4.83. The van der Waals surface area contributed by atoms with Crippen molar-refractivity contribution in [2.24, 2.45) is 0 Å². The highest BCUT2D eigenvalue weighted by molar-refractivity contribution is 6.21. The minimum atomic E-state index is 0.851. The lowest BCUT2D eigenvalue weighted by atomic mass is 9.97. The van der Waals surface area contributed by atoms with Gasteiger partial charge in [0, 0.05) is 38.2 Å². The number of benzene rings is 4. The molecule has 0 unspecified atom stereocenters. The van der Waals surface area contributed by atoms with E-state index in [9.17, 15) is 0 Å². The molecule has 3 heterocycles. The van der Waals surface area contributed by atoms with Crippen LogP contribution in [0.3, 0.4) is 0 Å². The fraction of sp³-hybridized carbons (Fsp3) is 0.0345. The first-order valence-corrected chi connectivity index (χ1v) is 10.7. The third-order valence-electron chi connectivity index (χ3n) is 6.36. The maximum absolute atomic E-state index is 6.37. The molecule has 0 aliphatic carbocycles. The van der Waals surface area contributed by atoms with Crippen LogP contribution in [0.5, 0.6) is 0 Å². The van der Waals surface area contributed by atoms with E-state index < -0.39 is 0 Å². The molecule has 0 saturated heterocycles. The van der Waals surface area contributed by atoms with Gasteiger partial charge >= 0.3 is 0 Å². The number of furan rings is 3. The number of aryl methyl sites for hydroxylation is 1. The Labute approximate surface area is 183 Å². The highest BCUT2D eigenvalue weighted by Crippen LogP contribution is 2.42. The molecule has 0 aliphatic heterocycles. The molecule has 4 aromatic carbocycles. The minimum Gasteiger partial charge on any atom is -0.464 e. The predicted octanol–water partition coefficient (Wildman–Crippen LogP) is 8.72. The zero-order chi connectivity index (χ0) is 21.2. The third kappa shape index (κ3) is 2.36. The number of hydrogen-bond donors (Lipinski definition) is 0. The van der Waals surface area contributed by atoms with Crippen LogP contribution in [0.1, 0.15) is 5.56 Å². The number of rotatable bonds is 2. The Morgan fingerprint density at radius 1 is 0.594 bits per heavy atom. The summed E-state index contributed by atoms with van der Waals surface area (Å²) in [4.78, 5) is 0. The van der Waals surface area contributed by atoms with E-state index in [2.05, 4.69) is 49.4 Å². The Kier molecular flexibility index (Phi) is 3.48. The van der Waals surface area contributed by atoms with Gasteiger partial charge in [0.25, 0.3) is 0 Å². The highest BCUT2D eigenvalue weighted by atomic mass is 16.3. The van der Waals surface area contributed by atoms with Crippen LogP contribution in [0.25, 0.3) is 66.3 Å². The van der Waals surface area contributed by atoms with E-state index in [4.69, 9.17) is 13.3 Å². The van der Waals surface area contributed by atoms with Gasteiger partial charge in [0.05, 0.1) is 6.26 Å². The summed E-state index contributed by atoms with van der Waals surface area (Å²) in [5.74, 6) is 0.896. The lowest BCUT2D eigenvalue weighted by Gasteiger charge is -2.07. The van der Waals surface area contributed by atoms with E-state index in [0.717, 1.165) is 71.9 Å². The van der Waals surface area contributed by atoms with Crippen molar-refractivity contribution in [1.29, 1.82) is 0 Å². The summed E-state index contributed by atoms with van der Waals surface area (Å²) in [5.41, 5.74) is 7.76. The van der Waals surface area contributed by atoms with Gasteiger partial charge in [-0.15, -0.1) is 0 Å². The average Bonchev–Trinajstić information content (AvgIpc) is 3.54. The van der Waals surface area contributed by atoms with Gasteiger partial charge < -0.3 is 13.3 Å². The molecule has 0 amide bonds. The van der Waals surface area contributed by atoms with Crippen molar-refractivity contribution >= 4 is 43.9 Å². The lowest BCUT2D eigenvalue weighted by Crippen LogP contribution is -1.83. The third-order valence-corrected chi connectivity index (χ3v) is 6.36. The molecule has 3 nitrogen and oxygen atoms in total. The standard InChI is InChI=1S/C29H18O3/c1-17-20-9-2-4-11-24(20)31-28(17)19-8-6-7-18(15-19)23-16-26-22(13-14-30-26)27-21-10-3-5-12-25(21)32-29(23)27/h2-16H,1H3. The Hall–Kier alpha value is -4.24. The van der Waals surface area contributed by atoms with E-state index in [0.29, 0.717) is 0 Å². The van der Waals surface area contributed by atoms with Crippen molar-refractivity contribution < 1.29 is 13.3 Å². The van der Waals surface area contributed by atoms with Gasteiger partial charge in [-0.25, -0.2) is 0 Å². The first-order valence-electron chi connectivity index (χ1n) is 10.7. The van der Waals surface area contributed by atoms with Crippen molar-refractivity contribution in [3.63, 3.8) is 0 Å². The number of fused-ring (bicyclic) bond motifs is 6. The van der Waals surface area contributed by atoms with Crippen LogP contribution < -0.4 is 0 Å². The van der Waals surface area contributed by atoms with E-state index in [1.807, 2.05) is 42.5 Å². The van der Waals surface area contributed by atoms with Gasteiger partial charge in [-0.2, -0.15) is 0 Å². The Morgan fingerprint density at radius 2 is 1.31 bits per heavy atom. The average molecular weight is 414 g/mol. The molecule has 3 heteroatoms. The van der Waals surface area contributed by atoms with Crippen molar-refractivity contribution in [3.05, 3.63) is 96.8 Å². The summed E-state index contributed by atoms with van der Waals surface area (Å²) in [6.45, 7) is 2.11. The molecular formula is C29H18O3. The number of para-hydroxylation sites is 2. The van der Waals surface area contributed by atoms with E-state index >= 15 is 0 Å². The van der Waals surface area contributed by atoms with E-state index in [-0.39, 0.29) is 0 Å². The molecular weight excluding hydrogens is 396 g/mol. The number of hydrogen-bond acceptors (Lipinski definition) is 3. The van der Waals surface area contributed by atoms with Crippen molar-refractivity contribution in [3.8, 4) is 22.5 Å². The van der Waals surface area contributed by atoms with Crippen molar-refractivity contribution in [1.82, 2.24) is 0 Å². The fourth-order valence-electron chi connectivity index (χ4n) is 4.83. The SMILES string of the molecule is Cc1c(-c2cccc(-c3cc4occc4c4c3oc3ccccc34)c2)oc2ccccc12. The summed E-state index contributed by atoms with van der Waals surface area (Å²) < 4.78 is 18.4. The smallest absolute Gasteiger partial charge is 0.144 e. The second kappa shape index (κ2) is 6.38. The Morgan fingerprint density at radius 3 is 2.16 bits per heavy atom. The molecule has 7 aromatic rings. The molecule has 0 bridgehead atoms. The molecule has 0 aliphatic rings. The molecule has 0 radical (unpaired) electrons. The minimum absolute atomic E-state index is 0.851. The Balaban J connectivity index is 1.51. The maximum Gasteiger partial charge on any atom is 0.144 e. The van der Waals surface area contributed by atoms with Gasteiger partial charge in [0.2, 0.25) is 0 Å². The molecule has 3 aromatic heterocycles. The Bertz CT molecular complexity index is 1790. The van der Waals surface area contributed by atoms with Crippen LogP contribution in [0.15, 0.2) is 104 Å². The highest BCUT2D eigenvalue weighted by Gasteiger charge is 2.19. The van der Waals surface area contributed by atoms with Crippen LogP contribution >= 0.6 is 0 Å². The second-order valence-corrected chi connectivity index (χ2v) is 8.19. The lowest BCUT2D eigenvalue weighted by molar-refractivity contribution is 0.615. The van der Waals surface area contributed by atoms with Gasteiger partial charge in [-0.1, -0.05) is 54.6 Å². The quantitative estimate of drug-likeness (QED) is 0.284. The summed E-state index contributed by atoms with van der Waals surface area (Å²) in [6, 6.07) is 28.8. The first kappa shape index (κ1) is 17.4. The van der Waals surface area contributed by atoms with Crippen LogP contribution in [-0.2, 0) is 0 Å². The van der Waals surface area contributed by atoms with Gasteiger partial charge in [-0.3, -0.25) is 0 Å². The first-order chi connectivity index (χ1) is 15.8. The van der Waals surface area contributed by atoms with Crippen LogP contribution in [0.2, 0.25) is 0 Å². The summed E-state index contributed by atoms with van der Waals surface area (Å²) in [6.07, 6.45) is 1.74. The van der Waals surface area contributed by atoms with Gasteiger partial charge in [0.1, 0.15) is 28.1 Å². The predicted molar refractivity (Wildman–Crippen MR) is 129 cm³/mol. The molecule has 0 atom stereocenters. The normalized spacial score (nSPS) is 11.9. The molecule has 0 fully saturated rings. The summed E-state index contributed by atoms with van der Waals surface area (Å²) in [5, 5.41) is 4.40. The molecule has 32 heavy (non-hydrogen) atoms. The monoisotopic (exact) mass is 414 g/mol. The largest absolute Gasteiger partial charge is 0.464 e. The molecule has 0 spiro atoms. The van der Waals surface area contributed by atoms with Crippen LogP contribution in [0.4, 0.5) is 0 Å². The maximum atomic E-state index is 6.37. The van der Waals surface area contributed by atoms with E-state index in [1.165, 1.54) is 0 Å². The zero-order valence-electron chi connectivity index (χ0n) is 17.4. The van der Waals surface area contributed by atoms with Gasteiger partial charge in [-0.05, 0) is 42.8 Å². The molecule has 152 valence electrons. The van der Waals surface area contributed by atoms with Crippen molar-refractivity contribution in [2.45, 2.75) is 6.92 Å². The zero-order valence-corrected chi connectivity index (χ0v) is 17.4. The molecule has 7 rings (SSSR count).